The predicted molar refractivity (Wildman–Crippen MR) is 141 cm³/mol. The van der Waals surface area contributed by atoms with Crippen molar-refractivity contribution in [2.24, 2.45) is 0 Å². The normalized spacial score (nSPS) is 24.8. The highest BCUT2D eigenvalue weighted by atomic mass is 31.2. The van der Waals surface area contributed by atoms with Crippen LogP contribution in [0.15, 0.2) is 30.1 Å². The van der Waals surface area contributed by atoms with Crippen molar-refractivity contribution in [3.63, 3.8) is 0 Å². The molecule has 240 valence electrons. The monoisotopic (exact) mass is 667 g/mol. The number of aromatic nitrogens is 8. The standard InChI is InChI=1S/C20H25F2N9O11P2/c1-8(18(41-20(22)33)30-6-29-12-16(30)26-4-27-17(12)32)42-44(36,37)39-2-9-13(38-7-43(34)35)10(21)19(40-9)31-5-28-11-14(23)24-3-25-15(11)31/h3-6,8-10,13,18-20,33,43H,2,7H2,1H3,(H,34,35)(H,36,37)(H2,23,24,25)(H,26,27,32)/t8-,9+,10?,13?,18+,19+,20?/m0/s1. The van der Waals surface area contributed by atoms with Crippen LogP contribution < -0.4 is 11.3 Å². The third-order valence-electron chi connectivity index (χ3n) is 6.32. The highest BCUT2D eigenvalue weighted by Crippen LogP contribution is 2.48. The van der Waals surface area contributed by atoms with Crippen LogP contribution in [0.2, 0.25) is 0 Å². The Bertz CT molecular complexity index is 1760. The number of hydrogen-bond acceptors (Lipinski definition) is 15. The van der Waals surface area contributed by atoms with E-state index in [0.29, 0.717) is 0 Å². The van der Waals surface area contributed by atoms with Gasteiger partial charge in [0.05, 0.1) is 25.6 Å². The second-order valence-corrected chi connectivity index (χ2v) is 11.7. The average Bonchev–Trinajstić information content (AvgIpc) is 3.65. The minimum absolute atomic E-state index is 0.00930. The van der Waals surface area contributed by atoms with Crippen molar-refractivity contribution in [1.82, 2.24) is 39.0 Å². The van der Waals surface area contributed by atoms with Crippen molar-refractivity contribution in [3.8, 4) is 0 Å². The minimum Gasteiger partial charge on any atom is -0.382 e. The molecule has 0 aromatic carbocycles. The topological polar surface area (TPSA) is 274 Å². The number of imidazole rings is 2. The van der Waals surface area contributed by atoms with E-state index in [4.69, 9.17) is 29.0 Å². The summed E-state index contributed by atoms with van der Waals surface area (Å²) in [5, 5.41) is 9.22. The quantitative estimate of drug-likeness (QED) is 0.0917. The Morgan fingerprint density at radius 3 is 2.70 bits per heavy atom. The summed E-state index contributed by atoms with van der Waals surface area (Å²) in [6.45, 7) is -2.59. The summed E-state index contributed by atoms with van der Waals surface area (Å²) < 4.78 is 81.4. The lowest BCUT2D eigenvalue weighted by Crippen LogP contribution is -2.34. The van der Waals surface area contributed by atoms with E-state index in [-0.39, 0.29) is 28.1 Å². The van der Waals surface area contributed by atoms with Gasteiger partial charge in [-0.25, -0.2) is 33.9 Å². The summed E-state index contributed by atoms with van der Waals surface area (Å²) in [6.07, 6.45) is -6.25. The molecule has 0 amide bonds. The number of halogens is 2. The number of nitrogens with zero attached hydrogens (tertiary/aromatic N) is 7. The van der Waals surface area contributed by atoms with Crippen molar-refractivity contribution >= 4 is 44.0 Å². The fourth-order valence-electron chi connectivity index (χ4n) is 4.50. The van der Waals surface area contributed by atoms with Crippen LogP contribution in [0.1, 0.15) is 19.4 Å². The Morgan fingerprint density at radius 1 is 1.23 bits per heavy atom. The highest BCUT2D eigenvalue weighted by Gasteiger charge is 2.49. The summed E-state index contributed by atoms with van der Waals surface area (Å²) in [4.78, 5) is 53.6. The zero-order valence-electron chi connectivity index (χ0n) is 22.3. The molecule has 0 aliphatic carbocycles. The molecule has 1 saturated heterocycles. The summed E-state index contributed by atoms with van der Waals surface area (Å²) in [5.41, 5.74) is 5.05. The Labute approximate surface area is 244 Å². The number of aliphatic hydroxyl groups excluding tert-OH is 1. The first kappa shape index (κ1) is 32.1. The molecule has 1 fully saturated rings. The van der Waals surface area contributed by atoms with Crippen LogP contribution in [-0.2, 0) is 32.4 Å². The molecule has 1 aliphatic heterocycles. The second kappa shape index (κ2) is 13.0. The van der Waals surface area contributed by atoms with Crippen LogP contribution in [0.25, 0.3) is 22.3 Å². The lowest BCUT2D eigenvalue weighted by Gasteiger charge is -2.27. The fourth-order valence-corrected chi connectivity index (χ4v) is 5.76. The van der Waals surface area contributed by atoms with Crippen molar-refractivity contribution in [2.75, 3.05) is 18.7 Å². The Morgan fingerprint density at radius 2 is 1.98 bits per heavy atom. The first-order chi connectivity index (χ1) is 20.9. The van der Waals surface area contributed by atoms with Gasteiger partial charge in [-0.15, -0.1) is 0 Å². The zero-order chi connectivity index (χ0) is 31.8. The van der Waals surface area contributed by atoms with Gasteiger partial charge in [0.25, 0.3) is 5.56 Å². The molecule has 4 aromatic rings. The summed E-state index contributed by atoms with van der Waals surface area (Å²) >= 11 is 0. The number of ether oxygens (including phenoxy) is 3. The van der Waals surface area contributed by atoms with Gasteiger partial charge >= 0.3 is 14.4 Å². The number of anilines is 1. The van der Waals surface area contributed by atoms with E-state index in [1.54, 1.807) is 0 Å². The molecule has 0 saturated carbocycles. The number of H-pyrrole nitrogens is 1. The van der Waals surface area contributed by atoms with Gasteiger partial charge in [-0.2, -0.15) is 4.39 Å². The fraction of sp³-hybridized carbons (Fsp3) is 0.500. The lowest BCUT2D eigenvalue weighted by molar-refractivity contribution is -0.246. The molecule has 24 heteroatoms. The van der Waals surface area contributed by atoms with E-state index in [0.717, 1.165) is 30.5 Å². The molecule has 1 aliphatic rings. The number of nitrogens with one attached hydrogen (secondary N) is 1. The largest absolute Gasteiger partial charge is 0.472 e. The first-order valence-corrected chi connectivity index (χ1v) is 15.5. The van der Waals surface area contributed by atoms with Gasteiger partial charge in [0.15, 0.2) is 41.3 Å². The number of rotatable bonds is 13. The molecule has 4 aromatic heterocycles. The summed E-state index contributed by atoms with van der Waals surface area (Å²) in [6, 6.07) is 0. The summed E-state index contributed by atoms with van der Waals surface area (Å²) in [5.74, 6) is 0.00930. The van der Waals surface area contributed by atoms with E-state index < -0.39 is 77.8 Å². The molecular formula is C20H25F2N9O11P2. The van der Waals surface area contributed by atoms with Crippen LogP contribution in [0.3, 0.4) is 0 Å². The Kier molecular flexibility index (Phi) is 9.47. The van der Waals surface area contributed by atoms with Crippen LogP contribution in [0.5, 0.6) is 0 Å². The van der Waals surface area contributed by atoms with Gasteiger partial charge in [-0.1, -0.05) is 0 Å². The van der Waals surface area contributed by atoms with Gasteiger partial charge < -0.3 is 35.1 Å². The Balaban J connectivity index is 1.33. The van der Waals surface area contributed by atoms with Gasteiger partial charge in [0, 0.05) is 0 Å². The number of phosphoric ester groups is 1. The molecule has 0 radical (unpaired) electrons. The zero-order valence-corrected chi connectivity index (χ0v) is 24.2. The molecule has 44 heavy (non-hydrogen) atoms. The van der Waals surface area contributed by atoms with Crippen molar-refractivity contribution < 1.29 is 56.1 Å². The van der Waals surface area contributed by atoms with Crippen LogP contribution >= 0.6 is 15.9 Å². The van der Waals surface area contributed by atoms with Crippen LogP contribution in [-0.4, -0.2) is 97.9 Å². The molecule has 0 bridgehead atoms. The molecule has 0 spiro atoms. The molecule has 6 N–H and O–H groups in total. The SMILES string of the molecule is C[C@H](OP(=O)(O)OC[C@H]1O[C@@H](n2cnc3c(N)ncnc32)C(F)C1OC[PH](=O)O)[C@@H](OC(O)F)n1cnc2c(=O)[nH]cnc21. The number of phosphoric acid groups is 1. The molecule has 5 unspecified atom stereocenters. The number of aliphatic hydroxyl groups is 1. The third-order valence-corrected chi connectivity index (χ3v) is 7.81. The van der Waals surface area contributed by atoms with E-state index in [1.807, 2.05) is 0 Å². The maximum absolute atomic E-state index is 15.6. The van der Waals surface area contributed by atoms with Crippen molar-refractivity contribution in [1.29, 1.82) is 0 Å². The number of alkyl halides is 2. The van der Waals surface area contributed by atoms with Gasteiger partial charge in [0.1, 0.15) is 36.5 Å². The van der Waals surface area contributed by atoms with Gasteiger partial charge in [-0.05, 0) is 6.92 Å². The Hall–Kier alpha value is -3.30. The van der Waals surface area contributed by atoms with E-state index in [9.17, 15) is 33.2 Å². The maximum atomic E-state index is 15.6. The third kappa shape index (κ3) is 6.69. The number of nitrogens with two attached hydrogens (primary N) is 1. The van der Waals surface area contributed by atoms with Gasteiger partial charge in [0.2, 0.25) is 8.03 Å². The van der Waals surface area contributed by atoms with Crippen LogP contribution in [0, 0.1) is 0 Å². The predicted octanol–water partition coefficient (Wildman–Crippen LogP) is -0.130. The molecule has 20 nitrogen and oxygen atoms in total. The lowest BCUT2D eigenvalue weighted by atomic mass is 10.1. The molecule has 5 rings (SSSR count). The number of nitrogen functional groups attached to an aromatic ring is 1. The van der Waals surface area contributed by atoms with Gasteiger partial charge in [-0.3, -0.25) is 32.3 Å². The number of fused-ring (bicyclic) bond motifs is 2. The molecule has 5 heterocycles. The highest BCUT2D eigenvalue weighted by molar-refractivity contribution is 7.47. The molecule has 9 atom stereocenters. The van der Waals surface area contributed by atoms with E-state index in [2.05, 4.69) is 29.9 Å². The van der Waals surface area contributed by atoms with Crippen molar-refractivity contribution in [2.45, 2.75) is 50.4 Å². The van der Waals surface area contributed by atoms with E-state index >= 15 is 4.39 Å². The van der Waals surface area contributed by atoms with Crippen LogP contribution in [0.4, 0.5) is 14.6 Å². The van der Waals surface area contributed by atoms with Crippen molar-refractivity contribution in [3.05, 3.63) is 35.7 Å². The first-order valence-electron chi connectivity index (χ1n) is 12.5. The summed E-state index contributed by atoms with van der Waals surface area (Å²) in [7, 11) is -8.32. The number of hydrogen-bond donors (Lipinski definition) is 5. The second-order valence-electron chi connectivity index (χ2n) is 9.21. The smallest absolute Gasteiger partial charge is 0.382 e. The van der Waals surface area contributed by atoms with E-state index in [1.165, 1.54) is 10.9 Å². The number of aromatic amines is 1. The molecular weight excluding hydrogens is 642 g/mol. The average molecular weight is 667 g/mol. The minimum atomic E-state index is -5.11. The maximum Gasteiger partial charge on any atom is 0.472 e.